The van der Waals surface area contributed by atoms with Gasteiger partial charge < -0.3 is 0 Å². The van der Waals surface area contributed by atoms with Crippen molar-refractivity contribution in [3.05, 3.63) is 35.9 Å². The zero-order valence-electron chi connectivity index (χ0n) is 11.5. The number of carbonyl (C=O) groups is 1. The molecule has 0 aliphatic carbocycles. The summed E-state index contributed by atoms with van der Waals surface area (Å²) in [6.07, 6.45) is 0.353. The van der Waals surface area contributed by atoms with Crippen LogP contribution in [0.3, 0.4) is 0 Å². The molecule has 1 saturated heterocycles. The second kappa shape index (κ2) is 8.26. The predicted molar refractivity (Wildman–Crippen MR) is 80.3 cm³/mol. The van der Waals surface area contributed by atoms with Crippen molar-refractivity contribution in [3.8, 4) is 0 Å². The Kier molecular flexibility index (Phi) is 6.32. The maximum Gasteiger partial charge on any atom is 0.244 e. The number of nitrogens with one attached hydrogen (secondary N) is 1. The topological polar surface area (TPSA) is 55.8 Å². The molecule has 0 aromatic heterocycles. The number of amides is 1. The highest BCUT2D eigenvalue weighted by Crippen LogP contribution is 2.16. The first-order valence-corrected chi connectivity index (χ1v) is 7.79. The van der Waals surface area contributed by atoms with Crippen LogP contribution >= 0.6 is 11.9 Å². The van der Waals surface area contributed by atoms with Crippen molar-refractivity contribution in [3.63, 3.8) is 0 Å². The molecule has 1 heterocycles. The number of benzene rings is 1. The van der Waals surface area contributed by atoms with Gasteiger partial charge in [-0.1, -0.05) is 42.3 Å². The van der Waals surface area contributed by atoms with Crippen molar-refractivity contribution < 1.29 is 10.0 Å². The van der Waals surface area contributed by atoms with Gasteiger partial charge in [0.1, 0.15) is 0 Å². The molecular formula is C14H21N3O2S. The van der Waals surface area contributed by atoms with E-state index in [0.717, 1.165) is 32.7 Å². The van der Waals surface area contributed by atoms with E-state index >= 15 is 0 Å². The van der Waals surface area contributed by atoms with E-state index in [1.54, 1.807) is 17.4 Å². The summed E-state index contributed by atoms with van der Waals surface area (Å²) in [6.45, 7) is 5.13. The third kappa shape index (κ3) is 5.13. The van der Waals surface area contributed by atoms with Crippen LogP contribution in [0.2, 0.25) is 0 Å². The van der Waals surface area contributed by atoms with Crippen molar-refractivity contribution in [2.75, 3.05) is 31.9 Å². The van der Waals surface area contributed by atoms with Gasteiger partial charge in [0.05, 0.1) is 0 Å². The molecule has 0 unspecified atom stereocenters. The second-order valence-corrected chi connectivity index (χ2v) is 5.99. The van der Waals surface area contributed by atoms with Gasteiger partial charge in [0.25, 0.3) is 0 Å². The van der Waals surface area contributed by atoms with Crippen LogP contribution in [0.4, 0.5) is 0 Å². The molecule has 20 heavy (non-hydrogen) atoms. The van der Waals surface area contributed by atoms with E-state index in [0.29, 0.717) is 12.2 Å². The maximum atomic E-state index is 10.9. The fourth-order valence-corrected chi connectivity index (χ4v) is 3.14. The van der Waals surface area contributed by atoms with Crippen LogP contribution in [0.5, 0.6) is 0 Å². The average molecular weight is 295 g/mol. The van der Waals surface area contributed by atoms with E-state index in [9.17, 15) is 4.79 Å². The zero-order valence-corrected chi connectivity index (χ0v) is 12.3. The van der Waals surface area contributed by atoms with Gasteiger partial charge in [0.15, 0.2) is 0 Å². The quantitative estimate of drug-likeness (QED) is 0.471. The lowest BCUT2D eigenvalue weighted by molar-refractivity contribution is -0.128. The van der Waals surface area contributed by atoms with Crippen molar-refractivity contribution >= 4 is 17.9 Å². The van der Waals surface area contributed by atoms with Crippen LogP contribution in [0, 0.1) is 0 Å². The molecule has 1 aliphatic heterocycles. The van der Waals surface area contributed by atoms with Crippen LogP contribution in [-0.4, -0.2) is 52.3 Å². The highest BCUT2D eigenvalue weighted by atomic mass is 32.2. The van der Waals surface area contributed by atoms with Gasteiger partial charge in [-0.05, 0) is 5.56 Å². The SMILES string of the molecule is O=C(CCSN1CCN(Cc2ccccc2)CC1)NO. The Morgan fingerprint density at radius 2 is 1.90 bits per heavy atom. The fraction of sp³-hybridized carbons (Fsp3) is 0.500. The molecule has 2 rings (SSSR count). The minimum absolute atomic E-state index is 0.319. The number of carbonyl (C=O) groups excluding carboxylic acids is 1. The number of hydroxylamine groups is 1. The van der Waals surface area contributed by atoms with E-state index in [2.05, 4.69) is 33.5 Å². The largest absolute Gasteiger partial charge is 0.296 e. The molecule has 0 radical (unpaired) electrons. The zero-order chi connectivity index (χ0) is 14.2. The Balaban J connectivity index is 1.64. The van der Waals surface area contributed by atoms with Crippen molar-refractivity contribution in [2.24, 2.45) is 0 Å². The summed E-state index contributed by atoms with van der Waals surface area (Å²) in [5.41, 5.74) is 3.01. The third-order valence-corrected chi connectivity index (χ3v) is 4.42. The molecular weight excluding hydrogens is 274 g/mol. The first-order chi connectivity index (χ1) is 9.78. The number of nitrogens with zero attached hydrogens (tertiary/aromatic N) is 2. The van der Waals surface area contributed by atoms with E-state index in [1.165, 1.54) is 5.56 Å². The molecule has 0 spiro atoms. The van der Waals surface area contributed by atoms with Crippen molar-refractivity contribution in [1.82, 2.24) is 14.7 Å². The molecule has 110 valence electrons. The molecule has 1 aromatic carbocycles. The number of hydrogen-bond donors (Lipinski definition) is 2. The van der Waals surface area contributed by atoms with Crippen molar-refractivity contribution in [1.29, 1.82) is 0 Å². The minimum atomic E-state index is -0.319. The Labute approximate surface area is 124 Å². The summed E-state index contributed by atoms with van der Waals surface area (Å²) in [5.74, 6) is 0.394. The van der Waals surface area contributed by atoms with E-state index in [4.69, 9.17) is 5.21 Å². The lowest BCUT2D eigenvalue weighted by Crippen LogP contribution is -2.43. The third-order valence-electron chi connectivity index (χ3n) is 3.31. The van der Waals surface area contributed by atoms with Gasteiger partial charge in [-0.25, -0.2) is 9.79 Å². The first kappa shape index (κ1) is 15.3. The lowest BCUT2D eigenvalue weighted by atomic mass is 10.2. The van der Waals surface area contributed by atoms with Gasteiger partial charge in [0.2, 0.25) is 5.91 Å². The fourth-order valence-electron chi connectivity index (χ4n) is 2.18. The Bertz CT molecular complexity index is 408. The molecule has 5 nitrogen and oxygen atoms in total. The van der Waals surface area contributed by atoms with Gasteiger partial charge >= 0.3 is 0 Å². The van der Waals surface area contributed by atoms with Gasteiger partial charge in [-0.15, -0.1) is 0 Å². The Morgan fingerprint density at radius 1 is 1.20 bits per heavy atom. The molecule has 1 aliphatic rings. The number of hydrogen-bond acceptors (Lipinski definition) is 5. The van der Waals surface area contributed by atoms with E-state index in [-0.39, 0.29) is 5.91 Å². The summed E-state index contributed by atoms with van der Waals surface area (Å²) in [4.78, 5) is 13.4. The standard InChI is InChI=1S/C14H21N3O2S/c18-14(15-19)6-11-20-17-9-7-16(8-10-17)12-13-4-2-1-3-5-13/h1-5,19H,6-12H2,(H,15,18). The van der Waals surface area contributed by atoms with Gasteiger partial charge in [-0.2, -0.15) is 0 Å². The van der Waals surface area contributed by atoms with Crippen LogP contribution in [-0.2, 0) is 11.3 Å². The highest BCUT2D eigenvalue weighted by Gasteiger charge is 2.17. The minimum Gasteiger partial charge on any atom is -0.296 e. The second-order valence-electron chi connectivity index (χ2n) is 4.81. The van der Waals surface area contributed by atoms with Gasteiger partial charge in [-0.3, -0.25) is 14.9 Å². The molecule has 1 amide bonds. The molecule has 2 N–H and O–H groups in total. The summed E-state index contributed by atoms with van der Waals surface area (Å²) >= 11 is 1.68. The molecule has 0 atom stereocenters. The molecule has 1 fully saturated rings. The molecule has 0 bridgehead atoms. The normalized spacial score (nSPS) is 17.1. The lowest BCUT2D eigenvalue weighted by Gasteiger charge is -2.33. The molecule has 0 saturated carbocycles. The monoisotopic (exact) mass is 295 g/mol. The maximum absolute atomic E-state index is 10.9. The number of piperazine rings is 1. The summed E-state index contributed by atoms with van der Waals surface area (Å²) in [6, 6.07) is 10.5. The Hall–Kier alpha value is -1.08. The highest BCUT2D eigenvalue weighted by molar-refractivity contribution is 7.97. The van der Waals surface area contributed by atoms with Crippen LogP contribution in [0.15, 0.2) is 30.3 Å². The smallest absolute Gasteiger partial charge is 0.244 e. The van der Waals surface area contributed by atoms with Crippen LogP contribution in [0.25, 0.3) is 0 Å². The predicted octanol–water partition coefficient (Wildman–Crippen LogP) is 1.35. The summed E-state index contributed by atoms with van der Waals surface area (Å²) < 4.78 is 2.30. The van der Waals surface area contributed by atoms with Crippen LogP contribution in [0.1, 0.15) is 12.0 Å². The van der Waals surface area contributed by atoms with E-state index in [1.807, 2.05) is 6.07 Å². The number of rotatable bonds is 6. The molecule has 6 heteroatoms. The Morgan fingerprint density at radius 3 is 2.55 bits per heavy atom. The first-order valence-electron chi connectivity index (χ1n) is 6.85. The average Bonchev–Trinajstić information content (AvgIpc) is 2.50. The van der Waals surface area contributed by atoms with Crippen LogP contribution < -0.4 is 5.48 Å². The summed E-state index contributed by atoms with van der Waals surface area (Å²) in [7, 11) is 0. The van der Waals surface area contributed by atoms with Gasteiger partial charge in [0, 0.05) is 44.9 Å². The molecule has 1 aromatic rings. The van der Waals surface area contributed by atoms with E-state index < -0.39 is 0 Å². The van der Waals surface area contributed by atoms with Crippen molar-refractivity contribution in [2.45, 2.75) is 13.0 Å². The summed E-state index contributed by atoms with van der Waals surface area (Å²) in [5, 5.41) is 8.42.